The molecule has 5 nitrogen and oxygen atoms in total. The molecular weight excluding hydrogens is 285 g/mol. The Balaban J connectivity index is 2.32. The molecule has 0 amide bonds. The monoisotopic (exact) mass is 303 g/mol. The molecule has 0 aliphatic carbocycles. The maximum atomic E-state index is 13.4. The van der Waals surface area contributed by atoms with E-state index < -0.39 is 22.2 Å². The van der Waals surface area contributed by atoms with Crippen LogP contribution in [0.5, 0.6) is 0 Å². The zero-order chi connectivity index (χ0) is 14.8. The van der Waals surface area contributed by atoms with Crippen molar-refractivity contribution < 1.29 is 22.7 Å². The zero-order valence-electron chi connectivity index (χ0n) is 11.2. The van der Waals surface area contributed by atoms with E-state index in [2.05, 4.69) is 0 Å². The van der Waals surface area contributed by atoms with Crippen LogP contribution in [0.1, 0.15) is 12.0 Å². The van der Waals surface area contributed by atoms with Crippen molar-refractivity contribution in [3.8, 4) is 0 Å². The van der Waals surface area contributed by atoms with Gasteiger partial charge in [-0.1, -0.05) is 12.1 Å². The number of methoxy groups -OCH3 is 1. The van der Waals surface area contributed by atoms with Crippen molar-refractivity contribution in [3.63, 3.8) is 0 Å². The SMILES string of the molecule is COCc1cccc(S(=O)(=O)N2C[C@@H](F)C[C@H]2CO)c1. The Hall–Kier alpha value is -1.02. The number of alkyl halides is 1. The van der Waals surface area contributed by atoms with Gasteiger partial charge in [0.1, 0.15) is 6.17 Å². The number of aliphatic hydroxyl groups is 1. The highest BCUT2D eigenvalue weighted by molar-refractivity contribution is 7.89. The summed E-state index contributed by atoms with van der Waals surface area (Å²) < 4.78 is 44.5. The predicted molar refractivity (Wildman–Crippen MR) is 71.4 cm³/mol. The highest BCUT2D eigenvalue weighted by Crippen LogP contribution is 2.28. The average molecular weight is 303 g/mol. The minimum Gasteiger partial charge on any atom is -0.395 e. The number of halogens is 1. The molecular formula is C13H18FNO4S. The first-order valence-electron chi connectivity index (χ1n) is 6.33. The molecule has 1 saturated heterocycles. The lowest BCUT2D eigenvalue weighted by molar-refractivity contribution is 0.184. The molecule has 0 saturated carbocycles. The number of benzene rings is 1. The molecule has 1 N–H and O–H groups in total. The van der Waals surface area contributed by atoms with Gasteiger partial charge in [0.15, 0.2) is 0 Å². The molecule has 112 valence electrons. The first-order valence-corrected chi connectivity index (χ1v) is 7.77. The molecule has 1 aliphatic heterocycles. The number of hydrogen-bond donors (Lipinski definition) is 1. The fourth-order valence-electron chi connectivity index (χ4n) is 2.39. The Morgan fingerprint density at radius 2 is 2.25 bits per heavy atom. The normalized spacial score (nSPS) is 24.1. The molecule has 2 rings (SSSR count). The van der Waals surface area contributed by atoms with Gasteiger partial charge in [-0.15, -0.1) is 0 Å². The quantitative estimate of drug-likeness (QED) is 0.878. The van der Waals surface area contributed by atoms with Gasteiger partial charge in [-0.25, -0.2) is 12.8 Å². The van der Waals surface area contributed by atoms with Crippen LogP contribution in [0.4, 0.5) is 4.39 Å². The van der Waals surface area contributed by atoms with Crippen molar-refractivity contribution in [1.29, 1.82) is 0 Å². The second kappa shape index (κ2) is 6.17. The fraction of sp³-hybridized carbons (Fsp3) is 0.538. The van der Waals surface area contributed by atoms with Gasteiger partial charge < -0.3 is 9.84 Å². The molecule has 1 aliphatic rings. The number of sulfonamides is 1. The van der Waals surface area contributed by atoms with Gasteiger partial charge in [0.05, 0.1) is 24.2 Å². The smallest absolute Gasteiger partial charge is 0.243 e. The summed E-state index contributed by atoms with van der Waals surface area (Å²) >= 11 is 0. The Kier molecular flexibility index (Phi) is 4.74. The summed E-state index contributed by atoms with van der Waals surface area (Å²) in [6.45, 7) is -0.280. The lowest BCUT2D eigenvalue weighted by Crippen LogP contribution is -2.37. The highest BCUT2D eigenvalue weighted by Gasteiger charge is 2.40. The molecule has 1 heterocycles. The number of hydrogen-bond acceptors (Lipinski definition) is 4. The minimum absolute atomic E-state index is 0.0352. The standard InChI is InChI=1S/C13H18FNO4S/c1-19-9-10-3-2-4-13(5-10)20(17,18)15-7-11(14)6-12(15)8-16/h2-5,11-12,16H,6-9H2,1H3/t11-,12-/m0/s1. The second-order valence-electron chi connectivity index (χ2n) is 4.82. The fourth-order valence-corrected chi connectivity index (χ4v) is 4.11. The molecule has 0 unspecified atom stereocenters. The minimum atomic E-state index is -3.80. The third kappa shape index (κ3) is 3.01. The third-order valence-electron chi connectivity index (χ3n) is 3.34. The average Bonchev–Trinajstić information content (AvgIpc) is 2.81. The molecule has 2 atom stereocenters. The molecule has 7 heteroatoms. The largest absolute Gasteiger partial charge is 0.395 e. The second-order valence-corrected chi connectivity index (χ2v) is 6.72. The van der Waals surface area contributed by atoms with Crippen molar-refractivity contribution >= 4 is 10.0 Å². The van der Waals surface area contributed by atoms with Crippen LogP contribution in [0.15, 0.2) is 29.2 Å². The van der Waals surface area contributed by atoms with Crippen molar-refractivity contribution in [2.75, 3.05) is 20.3 Å². The molecule has 20 heavy (non-hydrogen) atoms. The van der Waals surface area contributed by atoms with Crippen LogP contribution >= 0.6 is 0 Å². The van der Waals surface area contributed by atoms with E-state index in [1.54, 1.807) is 12.1 Å². The van der Waals surface area contributed by atoms with Crippen LogP contribution in [-0.4, -0.2) is 50.3 Å². The van der Waals surface area contributed by atoms with E-state index in [1.807, 2.05) is 0 Å². The molecule has 0 spiro atoms. The molecule has 1 fully saturated rings. The number of rotatable bonds is 5. The van der Waals surface area contributed by atoms with Gasteiger partial charge in [0.25, 0.3) is 0 Å². The van der Waals surface area contributed by atoms with Crippen molar-refractivity contribution in [2.45, 2.75) is 30.1 Å². The topological polar surface area (TPSA) is 66.8 Å². The van der Waals surface area contributed by atoms with Gasteiger partial charge in [-0.05, 0) is 24.1 Å². The Morgan fingerprint density at radius 1 is 1.50 bits per heavy atom. The van der Waals surface area contributed by atoms with E-state index in [-0.39, 0.29) is 24.5 Å². The predicted octanol–water partition coefficient (Wildman–Crippen LogP) is 0.926. The Bertz CT molecular complexity index is 563. The summed E-state index contributed by atoms with van der Waals surface area (Å²) in [5, 5.41) is 9.21. The number of ether oxygens (including phenoxy) is 1. The third-order valence-corrected chi connectivity index (χ3v) is 5.25. The van der Waals surface area contributed by atoms with Gasteiger partial charge >= 0.3 is 0 Å². The highest BCUT2D eigenvalue weighted by atomic mass is 32.2. The first kappa shape index (κ1) is 15.4. The number of nitrogens with zero attached hydrogens (tertiary/aromatic N) is 1. The van der Waals surface area contributed by atoms with E-state index in [4.69, 9.17) is 4.74 Å². The van der Waals surface area contributed by atoms with Crippen LogP contribution in [0, 0.1) is 0 Å². The van der Waals surface area contributed by atoms with Gasteiger partial charge in [0, 0.05) is 13.7 Å². The van der Waals surface area contributed by atoms with Crippen LogP contribution < -0.4 is 0 Å². The summed E-state index contributed by atoms with van der Waals surface area (Å²) in [6, 6.07) is 5.67. The van der Waals surface area contributed by atoms with E-state index in [1.165, 1.54) is 19.2 Å². The summed E-state index contributed by atoms with van der Waals surface area (Å²) in [7, 11) is -2.27. The van der Waals surface area contributed by atoms with Crippen LogP contribution in [0.3, 0.4) is 0 Å². The molecule has 0 aromatic heterocycles. The molecule has 0 radical (unpaired) electrons. The van der Waals surface area contributed by atoms with Crippen LogP contribution in [-0.2, 0) is 21.4 Å². The summed E-state index contributed by atoms with van der Waals surface area (Å²) in [6.07, 6.45) is -1.20. The summed E-state index contributed by atoms with van der Waals surface area (Å²) in [5.41, 5.74) is 0.727. The summed E-state index contributed by atoms with van der Waals surface area (Å²) in [5.74, 6) is 0. The van der Waals surface area contributed by atoms with E-state index in [0.717, 1.165) is 9.87 Å². The van der Waals surface area contributed by atoms with Crippen molar-refractivity contribution in [2.24, 2.45) is 0 Å². The zero-order valence-corrected chi connectivity index (χ0v) is 12.0. The Labute approximate surface area is 118 Å². The summed E-state index contributed by atoms with van der Waals surface area (Å²) in [4.78, 5) is 0.0969. The van der Waals surface area contributed by atoms with Crippen molar-refractivity contribution in [3.05, 3.63) is 29.8 Å². The van der Waals surface area contributed by atoms with Crippen LogP contribution in [0.25, 0.3) is 0 Å². The van der Waals surface area contributed by atoms with Gasteiger partial charge in [-0.2, -0.15) is 4.31 Å². The van der Waals surface area contributed by atoms with E-state index in [0.29, 0.717) is 6.61 Å². The van der Waals surface area contributed by atoms with Gasteiger partial charge in [0.2, 0.25) is 10.0 Å². The molecule has 1 aromatic carbocycles. The number of aliphatic hydroxyl groups excluding tert-OH is 1. The lowest BCUT2D eigenvalue weighted by atomic mass is 10.2. The van der Waals surface area contributed by atoms with Gasteiger partial charge in [-0.3, -0.25) is 0 Å². The Morgan fingerprint density at radius 3 is 2.90 bits per heavy atom. The van der Waals surface area contributed by atoms with Crippen molar-refractivity contribution in [1.82, 2.24) is 4.31 Å². The van der Waals surface area contributed by atoms with E-state index >= 15 is 0 Å². The maximum absolute atomic E-state index is 13.4. The maximum Gasteiger partial charge on any atom is 0.243 e. The molecule has 0 bridgehead atoms. The van der Waals surface area contributed by atoms with Crippen LogP contribution in [0.2, 0.25) is 0 Å². The lowest BCUT2D eigenvalue weighted by Gasteiger charge is -2.22. The first-order chi connectivity index (χ1) is 9.48. The van der Waals surface area contributed by atoms with E-state index in [9.17, 15) is 17.9 Å². The molecule has 1 aromatic rings.